The monoisotopic (exact) mass is 443 g/mol. The maximum absolute atomic E-state index is 5.20. The standard InChI is InChI=1S/C21H21N11O/c1-30-18(9-15(28-30)20-22-7-6-19(27-20)33-3)25-17-8-13(14-10-23-31(2)21(14)26-17)16-11-24-32(29-16)12-4-5-12/h6-12H,4-5H2,1-3H3,(H,25,26). The molecular weight excluding hydrogens is 422 g/mol. The van der Waals surface area contributed by atoms with Crippen LogP contribution in [0.2, 0.25) is 0 Å². The van der Waals surface area contributed by atoms with Crippen molar-refractivity contribution < 1.29 is 4.74 Å². The van der Waals surface area contributed by atoms with Gasteiger partial charge in [0.25, 0.3) is 0 Å². The van der Waals surface area contributed by atoms with Crippen LogP contribution in [-0.2, 0) is 14.1 Å². The molecule has 5 heterocycles. The van der Waals surface area contributed by atoms with Gasteiger partial charge in [0.15, 0.2) is 11.5 Å². The van der Waals surface area contributed by atoms with Crippen LogP contribution in [0.3, 0.4) is 0 Å². The quantitative estimate of drug-likeness (QED) is 0.421. The highest BCUT2D eigenvalue weighted by molar-refractivity contribution is 5.93. The zero-order valence-electron chi connectivity index (χ0n) is 18.3. The normalized spacial score (nSPS) is 13.5. The number of hydrogen-bond acceptors (Lipinski definition) is 9. The summed E-state index contributed by atoms with van der Waals surface area (Å²) in [4.78, 5) is 15.2. The van der Waals surface area contributed by atoms with Crippen LogP contribution in [-0.4, -0.2) is 56.6 Å². The molecule has 166 valence electrons. The van der Waals surface area contributed by atoms with Gasteiger partial charge < -0.3 is 10.1 Å². The molecule has 0 spiro atoms. The third-order valence-corrected chi connectivity index (χ3v) is 5.57. The predicted molar refractivity (Wildman–Crippen MR) is 120 cm³/mol. The van der Waals surface area contributed by atoms with Crippen LogP contribution in [0.15, 0.2) is 36.8 Å². The minimum Gasteiger partial charge on any atom is -0.481 e. The highest BCUT2D eigenvalue weighted by atomic mass is 16.5. The number of nitrogens with zero attached hydrogens (tertiary/aromatic N) is 10. The van der Waals surface area contributed by atoms with E-state index in [0.29, 0.717) is 29.3 Å². The molecule has 12 heteroatoms. The van der Waals surface area contributed by atoms with Crippen LogP contribution >= 0.6 is 0 Å². The lowest BCUT2D eigenvalue weighted by atomic mass is 10.1. The van der Waals surface area contributed by atoms with Crippen molar-refractivity contribution in [2.45, 2.75) is 18.9 Å². The largest absolute Gasteiger partial charge is 0.481 e. The van der Waals surface area contributed by atoms with Gasteiger partial charge in [-0.15, -0.1) is 0 Å². The fourth-order valence-electron chi connectivity index (χ4n) is 3.68. The summed E-state index contributed by atoms with van der Waals surface area (Å²) in [5.74, 6) is 2.33. The van der Waals surface area contributed by atoms with Gasteiger partial charge in [-0.05, 0) is 18.9 Å². The van der Waals surface area contributed by atoms with Crippen LogP contribution < -0.4 is 10.1 Å². The van der Waals surface area contributed by atoms with Gasteiger partial charge in [-0.25, -0.2) is 9.97 Å². The number of aryl methyl sites for hydroxylation is 2. The Labute approximate surface area is 188 Å². The lowest BCUT2D eigenvalue weighted by molar-refractivity contribution is 0.397. The molecule has 12 nitrogen and oxygen atoms in total. The topological polar surface area (TPSA) is 126 Å². The number of nitrogens with one attached hydrogen (secondary N) is 1. The molecule has 0 radical (unpaired) electrons. The molecule has 6 rings (SSSR count). The van der Waals surface area contributed by atoms with Crippen LogP contribution in [0.5, 0.6) is 5.88 Å². The van der Waals surface area contributed by atoms with Crippen molar-refractivity contribution in [3.8, 4) is 28.7 Å². The van der Waals surface area contributed by atoms with E-state index in [1.165, 1.54) is 0 Å². The second-order valence-corrected chi connectivity index (χ2v) is 7.93. The fourth-order valence-corrected chi connectivity index (χ4v) is 3.68. The van der Waals surface area contributed by atoms with E-state index in [2.05, 4.69) is 30.6 Å². The zero-order valence-corrected chi connectivity index (χ0v) is 18.3. The minimum atomic E-state index is 0.411. The molecule has 1 saturated carbocycles. The van der Waals surface area contributed by atoms with Gasteiger partial charge in [0.1, 0.15) is 23.0 Å². The molecule has 0 aliphatic heterocycles. The number of ether oxygens (including phenoxy) is 1. The van der Waals surface area contributed by atoms with Crippen molar-refractivity contribution in [2.75, 3.05) is 12.4 Å². The molecule has 0 aromatic carbocycles. The summed E-state index contributed by atoms with van der Waals surface area (Å²) in [7, 11) is 5.28. The Bertz CT molecular complexity index is 1480. The van der Waals surface area contributed by atoms with Gasteiger partial charge in [0.2, 0.25) is 5.88 Å². The molecule has 0 atom stereocenters. The number of aromatic nitrogens is 10. The molecule has 0 amide bonds. The number of anilines is 2. The van der Waals surface area contributed by atoms with Crippen LogP contribution in [0.4, 0.5) is 11.6 Å². The zero-order chi connectivity index (χ0) is 22.5. The molecule has 1 fully saturated rings. The van der Waals surface area contributed by atoms with E-state index in [9.17, 15) is 0 Å². The summed E-state index contributed by atoms with van der Waals surface area (Å²) in [6.07, 6.45) is 7.49. The van der Waals surface area contributed by atoms with Crippen molar-refractivity contribution in [1.29, 1.82) is 0 Å². The van der Waals surface area contributed by atoms with Gasteiger partial charge in [-0.2, -0.15) is 30.2 Å². The molecule has 5 aromatic rings. The van der Waals surface area contributed by atoms with Crippen LogP contribution in [0.1, 0.15) is 18.9 Å². The molecule has 1 N–H and O–H groups in total. The Hall–Kier alpha value is -4.35. The first kappa shape index (κ1) is 19.3. The van der Waals surface area contributed by atoms with Gasteiger partial charge in [-0.1, -0.05) is 0 Å². The Balaban J connectivity index is 1.38. The molecule has 1 aliphatic rings. The number of hydrogen-bond donors (Lipinski definition) is 1. The summed E-state index contributed by atoms with van der Waals surface area (Å²) in [6.45, 7) is 0. The van der Waals surface area contributed by atoms with E-state index < -0.39 is 0 Å². The lowest BCUT2D eigenvalue weighted by Gasteiger charge is -2.08. The molecule has 1 aliphatic carbocycles. The predicted octanol–water partition coefficient (Wildman–Crippen LogP) is 2.50. The summed E-state index contributed by atoms with van der Waals surface area (Å²) < 4.78 is 8.66. The van der Waals surface area contributed by atoms with Crippen molar-refractivity contribution in [2.24, 2.45) is 14.1 Å². The first-order valence-electron chi connectivity index (χ1n) is 10.5. The number of rotatable bonds is 6. The maximum Gasteiger partial charge on any atom is 0.216 e. The second-order valence-electron chi connectivity index (χ2n) is 7.93. The SMILES string of the molecule is COc1ccnc(-c2cc(Nc3cc(-c4cnn(C5CC5)n4)c4cnn(C)c4n3)n(C)n2)n1. The fraction of sp³-hybridized carbons (Fsp3) is 0.286. The Kier molecular flexibility index (Phi) is 4.31. The van der Waals surface area contributed by atoms with Gasteiger partial charge >= 0.3 is 0 Å². The number of methoxy groups -OCH3 is 1. The van der Waals surface area contributed by atoms with Crippen molar-refractivity contribution >= 4 is 22.7 Å². The lowest BCUT2D eigenvalue weighted by Crippen LogP contribution is -2.03. The van der Waals surface area contributed by atoms with E-state index in [4.69, 9.17) is 14.8 Å². The number of pyridine rings is 1. The summed E-state index contributed by atoms with van der Waals surface area (Å²) in [6, 6.07) is 5.93. The van der Waals surface area contributed by atoms with Crippen LogP contribution in [0, 0.1) is 0 Å². The highest BCUT2D eigenvalue weighted by Gasteiger charge is 2.26. The van der Waals surface area contributed by atoms with E-state index in [-0.39, 0.29) is 0 Å². The van der Waals surface area contributed by atoms with E-state index in [1.54, 1.807) is 45.9 Å². The maximum atomic E-state index is 5.20. The third kappa shape index (κ3) is 3.45. The van der Waals surface area contributed by atoms with E-state index in [1.807, 2.05) is 26.2 Å². The van der Waals surface area contributed by atoms with E-state index >= 15 is 0 Å². The van der Waals surface area contributed by atoms with Gasteiger partial charge in [-0.3, -0.25) is 9.36 Å². The molecular formula is C21H21N11O. The number of fused-ring (bicyclic) bond motifs is 1. The first-order chi connectivity index (χ1) is 16.1. The Morgan fingerprint density at radius 2 is 1.88 bits per heavy atom. The van der Waals surface area contributed by atoms with Crippen LogP contribution in [0.25, 0.3) is 33.8 Å². The average Bonchev–Trinajstić information content (AvgIpc) is 3.27. The molecule has 0 bridgehead atoms. The second kappa shape index (κ2) is 7.36. The summed E-state index contributed by atoms with van der Waals surface area (Å²) >= 11 is 0. The van der Waals surface area contributed by atoms with Gasteiger partial charge in [0, 0.05) is 43.4 Å². The average molecular weight is 443 g/mol. The molecule has 0 saturated heterocycles. The molecule has 5 aromatic heterocycles. The van der Waals surface area contributed by atoms with Crippen molar-refractivity contribution in [3.63, 3.8) is 0 Å². The van der Waals surface area contributed by atoms with Gasteiger partial charge in [0.05, 0.1) is 25.5 Å². The Morgan fingerprint density at radius 3 is 2.70 bits per heavy atom. The third-order valence-electron chi connectivity index (χ3n) is 5.57. The van der Waals surface area contributed by atoms with E-state index in [0.717, 1.165) is 41.0 Å². The first-order valence-corrected chi connectivity index (χ1v) is 10.5. The molecule has 0 unspecified atom stereocenters. The smallest absolute Gasteiger partial charge is 0.216 e. The Morgan fingerprint density at radius 1 is 1.00 bits per heavy atom. The summed E-state index contributed by atoms with van der Waals surface area (Å²) in [5, 5.41) is 22.3. The molecule has 33 heavy (non-hydrogen) atoms. The minimum absolute atomic E-state index is 0.411. The van der Waals surface area contributed by atoms with Crippen molar-refractivity contribution in [1.82, 2.24) is 49.5 Å². The van der Waals surface area contributed by atoms with Crippen molar-refractivity contribution in [3.05, 3.63) is 36.8 Å². The summed E-state index contributed by atoms with van der Waals surface area (Å²) in [5.41, 5.74) is 3.07. The highest BCUT2D eigenvalue weighted by Crippen LogP contribution is 2.35.